The first-order valence-electron chi connectivity index (χ1n) is 6.22. The first-order chi connectivity index (χ1) is 9.79. The van der Waals surface area contributed by atoms with Crippen molar-refractivity contribution in [3.05, 3.63) is 46.2 Å². The number of aryl methyl sites for hydroxylation is 1. The van der Waals surface area contributed by atoms with Crippen molar-refractivity contribution in [2.24, 2.45) is 0 Å². The largest absolute Gasteiger partial charge is 0.478 e. The summed E-state index contributed by atoms with van der Waals surface area (Å²) in [5, 5.41) is 9.41. The molecule has 2 rings (SSSR count). The van der Waals surface area contributed by atoms with E-state index < -0.39 is 24.1 Å². The third-order valence-electron chi connectivity index (χ3n) is 3.09. The summed E-state index contributed by atoms with van der Waals surface area (Å²) in [7, 11) is 0. The van der Waals surface area contributed by atoms with Crippen LogP contribution in [0.15, 0.2) is 35.1 Å². The molecule has 1 aromatic heterocycles. The van der Waals surface area contributed by atoms with Gasteiger partial charge in [-0.3, -0.25) is 4.79 Å². The highest BCUT2D eigenvalue weighted by atomic mass is 19.4. The number of para-hydroxylation sites is 1. The summed E-state index contributed by atoms with van der Waals surface area (Å²) in [6.45, 7) is -0.112. The number of fused-ring (bicyclic) bond motifs is 1. The minimum atomic E-state index is -4.28. The van der Waals surface area contributed by atoms with Gasteiger partial charge in [-0.2, -0.15) is 13.2 Å². The standard InChI is InChI=1S/C14H12F3NO3/c15-14(16,17)6-3-7-18-11-5-2-1-4-9(11)10(13(20)21)8-12(18)19/h1-2,4-5,8H,3,6-7H2,(H,20,21). The molecule has 0 unspecified atom stereocenters. The molecule has 4 nitrogen and oxygen atoms in total. The number of carboxylic acids is 1. The summed E-state index contributed by atoms with van der Waals surface area (Å²) in [5.74, 6) is -1.24. The predicted molar refractivity (Wildman–Crippen MR) is 70.5 cm³/mol. The fourth-order valence-electron chi connectivity index (χ4n) is 2.18. The van der Waals surface area contributed by atoms with Gasteiger partial charge in [0.15, 0.2) is 0 Å². The molecule has 112 valence electrons. The van der Waals surface area contributed by atoms with Crippen molar-refractivity contribution < 1.29 is 23.1 Å². The summed E-state index contributed by atoms with van der Waals surface area (Å²) in [6.07, 6.45) is -5.51. The Bertz CT molecular complexity index is 734. The van der Waals surface area contributed by atoms with E-state index in [9.17, 15) is 22.8 Å². The third-order valence-corrected chi connectivity index (χ3v) is 3.09. The Labute approximate surface area is 117 Å². The maximum Gasteiger partial charge on any atom is 0.389 e. The van der Waals surface area contributed by atoms with Crippen molar-refractivity contribution in [3.8, 4) is 0 Å². The highest BCUT2D eigenvalue weighted by molar-refractivity contribution is 6.02. The van der Waals surface area contributed by atoms with Crippen LogP contribution in [0.25, 0.3) is 10.9 Å². The summed E-state index contributed by atoms with van der Waals surface area (Å²) in [5.41, 5.74) is -0.444. The second-order valence-corrected chi connectivity index (χ2v) is 4.59. The van der Waals surface area contributed by atoms with Crippen LogP contribution in [0.5, 0.6) is 0 Å². The molecule has 21 heavy (non-hydrogen) atoms. The molecular formula is C14H12F3NO3. The van der Waals surface area contributed by atoms with Crippen molar-refractivity contribution in [3.63, 3.8) is 0 Å². The summed E-state index contributed by atoms with van der Waals surface area (Å²) in [6, 6.07) is 7.21. The van der Waals surface area contributed by atoms with Crippen LogP contribution < -0.4 is 5.56 Å². The smallest absolute Gasteiger partial charge is 0.389 e. The number of rotatable bonds is 4. The quantitative estimate of drug-likeness (QED) is 0.944. The van der Waals surface area contributed by atoms with Gasteiger partial charge in [0, 0.05) is 24.4 Å². The van der Waals surface area contributed by atoms with Crippen molar-refractivity contribution in [2.45, 2.75) is 25.6 Å². The molecule has 0 saturated heterocycles. The van der Waals surface area contributed by atoms with Gasteiger partial charge in [0.25, 0.3) is 5.56 Å². The van der Waals surface area contributed by atoms with Gasteiger partial charge in [-0.25, -0.2) is 4.79 Å². The number of benzene rings is 1. The highest BCUT2D eigenvalue weighted by Gasteiger charge is 2.26. The number of pyridine rings is 1. The first kappa shape index (κ1) is 15.1. The molecule has 0 saturated carbocycles. The third kappa shape index (κ3) is 3.42. The molecule has 1 N–H and O–H groups in total. The van der Waals surface area contributed by atoms with Gasteiger partial charge in [0.05, 0.1) is 11.1 Å². The van der Waals surface area contributed by atoms with Crippen LogP contribution in [0.2, 0.25) is 0 Å². The molecule has 0 spiro atoms. The number of halogens is 3. The molecule has 0 aliphatic heterocycles. The van der Waals surface area contributed by atoms with E-state index in [4.69, 9.17) is 5.11 Å². The van der Waals surface area contributed by atoms with Gasteiger partial charge in [-0.15, -0.1) is 0 Å². The number of alkyl halides is 3. The average Bonchev–Trinajstić information content (AvgIpc) is 2.39. The van der Waals surface area contributed by atoms with Crippen molar-refractivity contribution in [1.82, 2.24) is 4.57 Å². The van der Waals surface area contributed by atoms with Crippen LogP contribution in [0.3, 0.4) is 0 Å². The molecule has 1 aromatic carbocycles. The number of carbonyl (C=O) groups is 1. The van der Waals surface area contributed by atoms with Crippen LogP contribution in [0.1, 0.15) is 23.2 Å². The number of hydrogen-bond acceptors (Lipinski definition) is 2. The Morgan fingerprint density at radius 1 is 1.24 bits per heavy atom. The van der Waals surface area contributed by atoms with Gasteiger partial charge < -0.3 is 9.67 Å². The summed E-state index contributed by atoms with van der Waals surface area (Å²) >= 11 is 0. The SMILES string of the molecule is O=C(O)c1cc(=O)n(CCCC(F)(F)F)c2ccccc12. The molecule has 0 aliphatic rings. The highest BCUT2D eigenvalue weighted by Crippen LogP contribution is 2.22. The van der Waals surface area contributed by atoms with E-state index in [1.54, 1.807) is 12.1 Å². The lowest BCUT2D eigenvalue weighted by Crippen LogP contribution is -2.23. The molecule has 0 bridgehead atoms. The molecule has 1 heterocycles. The van der Waals surface area contributed by atoms with Gasteiger partial charge in [-0.05, 0) is 12.5 Å². The molecule has 7 heteroatoms. The molecular weight excluding hydrogens is 287 g/mol. The Hall–Kier alpha value is -2.31. The van der Waals surface area contributed by atoms with Crippen molar-refractivity contribution in [1.29, 1.82) is 0 Å². The van der Waals surface area contributed by atoms with Gasteiger partial charge in [0.1, 0.15) is 0 Å². The van der Waals surface area contributed by atoms with Crippen LogP contribution in [-0.4, -0.2) is 21.8 Å². The van der Waals surface area contributed by atoms with Crippen LogP contribution in [0.4, 0.5) is 13.2 Å². The number of hydrogen-bond donors (Lipinski definition) is 1. The summed E-state index contributed by atoms with van der Waals surface area (Å²) in [4.78, 5) is 23.1. The second kappa shape index (κ2) is 5.59. The second-order valence-electron chi connectivity index (χ2n) is 4.59. The van der Waals surface area contributed by atoms with E-state index in [1.807, 2.05) is 0 Å². The minimum absolute atomic E-state index is 0.112. The molecule has 0 amide bonds. The van der Waals surface area contributed by atoms with Gasteiger partial charge >= 0.3 is 12.1 Å². The molecule has 0 radical (unpaired) electrons. The van der Waals surface area contributed by atoms with E-state index in [-0.39, 0.29) is 18.5 Å². The predicted octanol–water partition coefficient (Wildman–Crippen LogP) is 3.04. The number of nitrogens with zero attached hydrogens (tertiary/aromatic N) is 1. The molecule has 0 fully saturated rings. The number of aromatic nitrogens is 1. The Morgan fingerprint density at radius 3 is 2.52 bits per heavy atom. The van der Waals surface area contributed by atoms with E-state index in [0.717, 1.165) is 6.07 Å². The van der Waals surface area contributed by atoms with Crippen LogP contribution in [-0.2, 0) is 6.54 Å². The molecule has 0 atom stereocenters. The monoisotopic (exact) mass is 299 g/mol. The van der Waals surface area contributed by atoms with E-state index in [0.29, 0.717) is 10.9 Å². The van der Waals surface area contributed by atoms with Gasteiger partial charge in [0.2, 0.25) is 0 Å². The zero-order valence-corrected chi connectivity index (χ0v) is 10.9. The number of aromatic carboxylic acids is 1. The lowest BCUT2D eigenvalue weighted by molar-refractivity contribution is -0.135. The Kier molecular flexibility index (Phi) is 4.02. The topological polar surface area (TPSA) is 59.3 Å². The van der Waals surface area contributed by atoms with E-state index in [2.05, 4.69) is 0 Å². The van der Waals surface area contributed by atoms with Crippen LogP contribution in [0, 0.1) is 0 Å². The lowest BCUT2D eigenvalue weighted by atomic mass is 10.1. The average molecular weight is 299 g/mol. The Morgan fingerprint density at radius 2 is 1.90 bits per heavy atom. The van der Waals surface area contributed by atoms with E-state index in [1.165, 1.54) is 16.7 Å². The molecule has 0 aliphatic carbocycles. The zero-order chi connectivity index (χ0) is 15.6. The Balaban J connectivity index is 2.45. The molecule has 2 aromatic rings. The van der Waals surface area contributed by atoms with Crippen molar-refractivity contribution in [2.75, 3.05) is 0 Å². The normalized spacial score (nSPS) is 11.8. The lowest BCUT2D eigenvalue weighted by Gasteiger charge is -2.12. The zero-order valence-electron chi connectivity index (χ0n) is 10.9. The van der Waals surface area contributed by atoms with Crippen LogP contribution >= 0.6 is 0 Å². The number of carboxylic acid groups (broad SMARTS) is 1. The van der Waals surface area contributed by atoms with E-state index >= 15 is 0 Å². The maximum absolute atomic E-state index is 12.2. The van der Waals surface area contributed by atoms with Gasteiger partial charge in [-0.1, -0.05) is 18.2 Å². The van der Waals surface area contributed by atoms with Crippen molar-refractivity contribution >= 4 is 16.9 Å². The first-order valence-corrected chi connectivity index (χ1v) is 6.22. The summed E-state index contributed by atoms with van der Waals surface area (Å²) < 4.78 is 37.7. The fourth-order valence-corrected chi connectivity index (χ4v) is 2.18. The maximum atomic E-state index is 12.2. The minimum Gasteiger partial charge on any atom is -0.478 e. The fraction of sp³-hybridized carbons (Fsp3) is 0.286.